The van der Waals surface area contributed by atoms with E-state index in [0.29, 0.717) is 0 Å². The molecule has 0 aliphatic carbocycles. The number of nitrogens with zero attached hydrogens (tertiary/aromatic N) is 1. The van der Waals surface area contributed by atoms with Crippen molar-refractivity contribution in [3.05, 3.63) is 24.2 Å². The predicted octanol–water partition coefficient (Wildman–Crippen LogP) is 3.33. The molecule has 2 rings (SSSR count). The van der Waals surface area contributed by atoms with Crippen molar-refractivity contribution in [2.45, 2.75) is 58.2 Å². The molecule has 0 bridgehead atoms. The molecule has 2 heterocycles. The third kappa shape index (κ3) is 4.49. The molecule has 2 atom stereocenters. The Kier molecular flexibility index (Phi) is 4.93. The van der Waals surface area contributed by atoms with Gasteiger partial charge in [-0.3, -0.25) is 0 Å². The fourth-order valence-corrected chi connectivity index (χ4v) is 2.56. The third-order valence-corrected chi connectivity index (χ3v) is 3.63. The molecule has 1 aromatic rings. The molecular formula is C16H26N2O3. The molecular weight excluding hydrogens is 268 g/mol. The maximum Gasteiger partial charge on any atom is 0.410 e. The van der Waals surface area contributed by atoms with Crippen molar-refractivity contribution in [3.8, 4) is 0 Å². The van der Waals surface area contributed by atoms with Gasteiger partial charge >= 0.3 is 6.09 Å². The highest BCUT2D eigenvalue weighted by Crippen LogP contribution is 2.21. The van der Waals surface area contributed by atoms with E-state index in [4.69, 9.17) is 9.15 Å². The standard InChI is InChI=1S/C16H26N2O3/c1-12(14-8-6-10-20-14)17-11-13-7-5-9-18(13)15(19)21-16(2,3)4/h6,8,10,12-13,17H,5,7,9,11H2,1-4H3/t12-,13+/m0/s1. The summed E-state index contributed by atoms with van der Waals surface area (Å²) in [7, 11) is 0. The number of hydrogen-bond donors (Lipinski definition) is 1. The van der Waals surface area contributed by atoms with Crippen molar-refractivity contribution >= 4 is 6.09 Å². The highest BCUT2D eigenvalue weighted by molar-refractivity contribution is 5.69. The molecule has 21 heavy (non-hydrogen) atoms. The van der Waals surface area contributed by atoms with Gasteiger partial charge < -0.3 is 19.4 Å². The van der Waals surface area contributed by atoms with Gasteiger partial charge in [0.1, 0.15) is 11.4 Å². The number of rotatable bonds is 4. The van der Waals surface area contributed by atoms with Crippen molar-refractivity contribution in [3.63, 3.8) is 0 Å². The maximum absolute atomic E-state index is 12.2. The molecule has 1 aliphatic heterocycles. The van der Waals surface area contributed by atoms with Crippen LogP contribution in [0.2, 0.25) is 0 Å². The number of carbonyl (C=O) groups is 1. The first-order valence-corrected chi connectivity index (χ1v) is 7.63. The van der Waals surface area contributed by atoms with Gasteiger partial charge in [-0.15, -0.1) is 0 Å². The lowest BCUT2D eigenvalue weighted by Gasteiger charge is -2.29. The second kappa shape index (κ2) is 6.52. The van der Waals surface area contributed by atoms with Crippen LogP contribution in [0, 0.1) is 0 Å². The Hall–Kier alpha value is -1.49. The van der Waals surface area contributed by atoms with E-state index in [1.165, 1.54) is 0 Å². The molecule has 5 heteroatoms. The zero-order chi connectivity index (χ0) is 15.5. The predicted molar refractivity (Wildman–Crippen MR) is 81.1 cm³/mol. The van der Waals surface area contributed by atoms with Gasteiger partial charge in [0, 0.05) is 19.1 Å². The molecule has 5 nitrogen and oxygen atoms in total. The van der Waals surface area contributed by atoms with Crippen LogP contribution < -0.4 is 5.32 Å². The van der Waals surface area contributed by atoms with Crippen LogP contribution in [0.25, 0.3) is 0 Å². The first-order valence-electron chi connectivity index (χ1n) is 7.63. The highest BCUT2D eigenvalue weighted by atomic mass is 16.6. The van der Waals surface area contributed by atoms with Crippen LogP contribution in [-0.2, 0) is 4.74 Å². The highest BCUT2D eigenvalue weighted by Gasteiger charge is 2.32. The van der Waals surface area contributed by atoms with Gasteiger partial charge in [-0.1, -0.05) is 0 Å². The lowest BCUT2D eigenvalue weighted by atomic mass is 10.2. The second-order valence-corrected chi connectivity index (χ2v) is 6.62. The van der Waals surface area contributed by atoms with E-state index in [2.05, 4.69) is 12.2 Å². The largest absolute Gasteiger partial charge is 0.468 e. The van der Waals surface area contributed by atoms with Crippen molar-refractivity contribution in [2.24, 2.45) is 0 Å². The summed E-state index contributed by atoms with van der Waals surface area (Å²) in [6.45, 7) is 9.27. The van der Waals surface area contributed by atoms with E-state index < -0.39 is 5.60 Å². The van der Waals surface area contributed by atoms with Crippen molar-refractivity contribution in [1.29, 1.82) is 0 Å². The van der Waals surface area contributed by atoms with Crippen LogP contribution in [0.5, 0.6) is 0 Å². The molecule has 0 spiro atoms. The van der Waals surface area contributed by atoms with E-state index >= 15 is 0 Å². The average molecular weight is 294 g/mol. The van der Waals surface area contributed by atoms with Crippen LogP contribution in [0.1, 0.15) is 52.3 Å². The lowest BCUT2D eigenvalue weighted by Crippen LogP contribution is -2.44. The molecule has 1 fully saturated rings. The van der Waals surface area contributed by atoms with E-state index in [1.54, 1.807) is 6.26 Å². The van der Waals surface area contributed by atoms with Gasteiger partial charge in [-0.2, -0.15) is 0 Å². The average Bonchev–Trinajstić information content (AvgIpc) is 3.04. The molecule has 1 aromatic heterocycles. The Balaban J connectivity index is 1.86. The fourth-order valence-electron chi connectivity index (χ4n) is 2.56. The van der Waals surface area contributed by atoms with Gasteiger partial charge in [0.2, 0.25) is 0 Å². The summed E-state index contributed by atoms with van der Waals surface area (Å²) in [5.74, 6) is 0.914. The first kappa shape index (κ1) is 15.9. The van der Waals surface area contributed by atoms with Gasteiger partial charge in [0.05, 0.1) is 12.3 Å². The minimum absolute atomic E-state index is 0.140. The number of ether oxygens (including phenoxy) is 1. The second-order valence-electron chi connectivity index (χ2n) is 6.62. The summed E-state index contributed by atoms with van der Waals surface area (Å²) in [4.78, 5) is 14.0. The zero-order valence-corrected chi connectivity index (χ0v) is 13.4. The SMILES string of the molecule is C[C@H](NC[C@H]1CCCN1C(=O)OC(C)(C)C)c1ccco1. The van der Waals surface area contributed by atoms with Crippen LogP contribution in [0.15, 0.2) is 22.8 Å². The minimum Gasteiger partial charge on any atom is -0.468 e. The van der Waals surface area contributed by atoms with Gasteiger partial charge in [0.15, 0.2) is 0 Å². The summed E-state index contributed by atoms with van der Waals surface area (Å²) >= 11 is 0. The van der Waals surface area contributed by atoms with Gasteiger partial charge in [-0.25, -0.2) is 4.79 Å². The zero-order valence-electron chi connectivity index (χ0n) is 13.4. The van der Waals surface area contributed by atoms with Crippen LogP contribution in [-0.4, -0.2) is 35.7 Å². The van der Waals surface area contributed by atoms with E-state index in [9.17, 15) is 4.79 Å². The van der Waals surface area contributed by atoms with Crippen molar-refractivity contribution in [1.82, 2.24) is 10.2 Å². The number of nitrogens with one attached hydrogen (secondary N) is 1. The molecule has 0 unspecified atom stereocenters. The number of furan rings is 1. The molecule has 0 saturated carbocycles. The summed E-state index contributed by atoms with van der Waals surface area (Å²) in [6, 6.07) is 4.17. The molecule has 1 amide bonds. The summed E-state index contributed by atoms with van der Waals surface area (Å²) in [6.07, 6.45) is 3.51. The van der Waals surface area contributed by atoms with Crippen molar-refractivity contribution < 1.29 is 13.9 Å². The van der Waals surface area contributed by atoms with E-state index in [-0.39, 0.29) is 18.2 Å². The number of amides is 1. The summed E-state index contributed by atoms with van der Waals surface area (Å²) < 4.78 is 10.9. The number of hydrogen-bond acceptors (Lipinski definition) is 4. The van der Waals surface area contributed by atoms with Gasteiger partial charge in [-0.05, 0) is 52.7 Å². The third-order valence-electron chi connectivity index (χ3n) is 3.63. The molecule has 1 aliphatic rings. The van der Waals surface area contributed by atoms with Gasteiger partial charge in [0.25, 0.3) is 0 Å². The summed E-state index contributed by atoms with van der Waals surface area (Å²) in [5, 5.41) is 3.43. The lowest BCUT2D eigenvalue weighted by molar-refractivity contribution is 0.0224. The maximum atomic E-state index is 12.2. The normalized spacial score (nSPS) is 20.6. The topological polar surface area (TPSA) is 54.7 Å². The monoisotopic (exact) mass is 294 g/mol. The Morgan fingerprint density at radius 1 is 1.57 bits per heavy atom. The molecule has 0 aromatic carbocycles. The number of carbonyl (C=O) groups excluding carboxylic acids is 1. The Morgan fingerprint density at radius 2 is 2.33 bits per heavy atom. The Labute approximate surface area is 126 Å². The fraction of sp³-hybridized carbons (Fsp3) is 0.688. The van der Waals surface area contributed by atoms with Crippen LogP contribution >= 0.6 is 0 Å². The summed E-state index contributed by atoms with van der Waals surface area (Å²) in [5.41, 5.74) is -0.445. The molecule has 1 N–H and O–H groups in total. The quantitative estimate of drug-likeness (QED) is 0.925. The Bertz CT molecular complexity index is 451. The smallest absolute Gasteiger partial charge is 0.410 e. The first-order chi connectivity index (χ1) is 9.87. The van der Waals surface area contributed by atoms with Crippen LogP contribution in [0.3, 0.4) is 0 Å². The minimum atomic E-state index is -0.445. The van der Waals surface area contributed by atoms with Crippen LogP contribution in [0.4, 0.5) is 4.79 Å². The molecule has 118 valence electrons. The Morgan fingerprint density at radius 3 is 2.95 bits per heavy atom. The van der Waals surface area contributed by atoms with E-state index in [0.717, 1.165) is 31.7 Å². The molecule has 1 saturated heterocycles. The van der Waals surface area contributed by atoms with E-state index in [1.807, 2.05) is 37.8 Å². The molecule has 0 radical (unpaired) electrons. The van der Waals surface area contributed by atoms with Crippen molar-refractivity contribution in [2.75, 3.05) is 13.1 Å². The number of likely N-dealkylation sites (tertiary alicyclic amines) is 1.